The summed E-state index contributed by atoms with van der Waals surface area (Å²) in [6.45, 7) is 0. The van der Waals surface area contributed by atoms with Crippen LogP contribution in [-0.4, -0.2) is 16.4 Å². The molecule has 25 heavy (non-hydrogen) atoms. The highest BCUT2D eigenvalue weighted by atomic mass is 19.1. The summed E-state index contributed by atoms with van der Waals surface area (Å²) in [5.41, 5.74) is 0.298. The zero-order valence-electron chi connectivity index (χ0n) is 12.7. The van der Waals surface area contributed by atoms with Gasteiger partial charge in [-0.1, -0.05) is 41.5 Å². The molecule has 4 aromatic rings. The normalized spacial score (nSPS) is 11.4. The van der Waals surface area contributed by atoms with Gasteiger partial charge < -0.3 is 8.83 Å². The Morgan fingerprint density at radius 2 is 1.80 bits per heavy atom. The second kappa shape index (κ2) is 6.12. The van der Waals surface area contributed by atoms with E-state index in [4.69, 9.17) is 8.83 Å². The van der Waals surface area contributed by atoms with E-state index in [0.29, 0.717) is 5.58 Å². The molecule has 0 aliphatic heterocycles. The minimum absolute atomic E-state index is 0.0137. The second-order valence-electron chi connectivity index (χ2n) is 5.15. The third kappa shape index (κ3) is 2.94. The number of aliphatic imine (C=N–C) groups is 1. The average Bonchev–Trinajstić information content (AvgIpc) is 3.09. The first kappa shape index (κ1) is 14.9. The van der Waals surface area contributed by atoms with E-state index in [1.54, 1.807) is 42.5 Å². The van der Waals surface area contributed by atoms with Gasteiger partial charge in [0.1, 0.15) is 17.0 Å². The molecule has 0 amide bonds. The Labute approximate surface area is 140 Å². The first-order valence-corrected chi connectivity index (χ1v) is 7.36. The van der Waals surface area contributed by atoms with E-state index in [1.807, 2.05) is 6.07 Å². The predicted octanol–water partition coefficient (Wildman–Crippen LogP) is 3.73. The fraction of sp³-hybridized carbons (Fsp3) is 0. The number of hydrogen-bond donors (Lipinski definition) is 0. The molecule has 0 bridgehead atoms. The van der Waals surface area contributed by atoms with Gasteiger partial charge in [0.2, 0.25) is 0 Å². The van der Waals surface area contributed by atoms with E-state index in [1.165, 1.54) is 12.3 Å². The first-order valence-electron chi connectivity index (χ1n) is 7.36. The molecule has 0 aliphatic carbocycles. The first-order chi connectivity index (χ1) is 12.2. The zero-order chi connectivity index (χ0) is 17.2. The van der Waals surface area contributed by atoms with Crippen LogP contribution in [0.5, 0.6) is 0 Å². The summed E-state index contributed by atoms with van der Waals surface area (Å²) in [4.78, 5) is 16.0. The van der Waals surface area contributed by atoms with Gasteiger partial charge in [-0.05, 0) is 18.2 Å². The number of para-hydroxylation sites is 1. The second-order valence-corrected chi connectivity index (χ2v) is 5.15. The van der Waals surface area contributed by atoms with Crippen LogP contribution < -0.4 is 5.63 Å². The summed E-state index contributed by atoms with van der Waals surface area (Å²) >= 11 is 0. The molecule has 2 aromatic heterocycles. The SMILES string of the molecule is O=c1oc2ccccc2cc1-c1nnc(N=Cc2ccccc2F)o1. The summed E-state index contributed by atoms with van der Waals surface area (Å²) in [6, 6.07) is 14.8. The van der Waals surface area contributed by atoms with Crippen molar-refractivity contribution in [1.29, 1.82) is 0 Å². The Balaban J connectivity index is 1.69. The zero-order valence-corrected chi connectivity index (χ0v) is 12.7. The molecule has 2 heterocycles. The van der Waals surface area contributed by atoms with Crippen LogP contribution in [0.3, 0.4) is 0 Å². The lowest BCUT2D eigenvalue weighted by molar-refractivity contribution is 0.546. The number of rotatable bonds is 3. The molecule has 2 aromatic carbocycles. The maximum absolute atomic E-state index is 13.6. The van der Waals surface area contributed by atoms with E-state index in [0.717, 1.165) is 5.39 Å². The van der Waals surface area contributed by atoms with Crippen LogP contribution in [0.1, 0.15) is 5.56 Å². The minimum atomic E-state index is -0.591. The van der Waals surface area contributed by atoms with Crippen LogP contribution in [0.2, 0.25) is 0 Å². The number of hydrogen-bond acceptors (Lipinski definition) is 6. The van der Waals surface area contributed by atoms with Crippen LogP contribution in [0.4, 0.5) is 10.4 Å². The number of fused-ring (bicyclic) bond motifs is 1. The van der Waals surface area contributed by atoms with E-state index in [-0.39, 0.29) is 23.0 Å². The molecule has 122 valence electrons. The van der Waals surface area contributed by atoms with Crippen molar-refractivity contribution in [3.8, 4) is 11.5 Å². The Morgan fingerprint density at radius 1 is 1.00 bits per heavy atom. The van der Waals surface area contributed by atoms with Crippen LogP contribution in [0, 0.1) is 5.82 Å². The smallest absolute Gasteiger partial charge is 0.349 e. The van der Waals surface area contributed by atoms with Crippen molar-refractivity contribution in [2.75, 3.05) is 0 Å². The highest BCUT2D eigenvalue weighted by molar-refractivity contribution is 5.82. The summed E-state index contributed by atoms with van der Waals surface area (Å²) in [7, 11) is 0. The third-order valence-electron chi connectivity index (χ3n) is 3.51. The van der Waals surface area contributed by atoms with Crippen molar-refractivity contribution in [1.82, 2.24) is 10.2 Å². The van der Waals surface area contributed by atoms with Gasteiger partial charge in [0.25, 0.3) is 5.89 Å². The molecule has 0 spiro atoms. The van der Waals surface area contributed by atoms with Gasteiger partial charge in [-0.3, -0.25) is 0 Å². The topological polar surface area (TPSA) is 81.5 Å². The standard InChI is InChI=1S/C18H10FN3O3/c19-14-7-3-1-6-12(14)10-20-18-22-21-16(25-18)13-9-11-5-2-4-8-15(11)24-17(13)23/h1-10H. The molecule has 0 aliphatic rings. The van der Waals surface area contributed by atoms with Crippen LogP contribution in [0.25, 0.3) is 22.4 Å². The Morgan fingerprint density at radius 3 is 2.68 bits per heavy atom. The molecule has 0 radical (unpaired) electrons. The minimum Gasteiger partial charge on any atom is -0.422 e. The van der Waals surface area contributed by atoms with Crippen molar-refractivity contribution in [2.45, 2.75) is 0 Å². The predicted molar refractivity (Wildman–Crippen MR) is 89.4 cm³/mol. The van der Waals surface area contributed by atoms with Gasteiger partial charge in [0.05, 0.1) is 0 Å². The fourth-order valence-electron chi connectivity index (χ4n) is 2.29. The molecular formula is C18H10FN3O3. The van der Waals surface area contributed by atoms with Crippen molar-refractivity contribution in [3.63, 3.8) is 0 Å². The fourth-order valence-corrected chi connectivity index (χ4v) is 2.29. The summed E-state index contributed by atoms with van der Waals surface area (Å²) in [5.74, 6) is -0.429. The van der Waals surface area contributed by atoms with Crippen LogP contribution >= 0.6 is 0 Å². The number of benzene rings is 2. The van der Waals surface area contributed by atoms with Crippen molar-refractivity contribution in [3.05, 3.63) is 76.4 Å². The van der Waals surface area contributed by atoms with Gasteiger partial charge in [-0.25, -0.2) is 14.2 Å². The maximum Gasteiger partial charge on any atom is 0.349 e. The molecule has 0 N–H and O–H groups in total. The van der Waals surface area contributed by atoms with Crippen LogP contribution in [-0.2, 0) is 0 Å². The van der Waals surface area contributed by atoms with Gasteiger partial charge in [-0.2, -0.15) is 0 Å². The Kier molecular flexibility index (Phi) is 3.66. The lowest BCUT2D eigenvalue weighted by atomic mass is 10.2. The summed E-state index contributed by atoms with van der Waals surface area (Å²) in [5, 5.41) is 8.27. The molecule has 0 saturated heterocycles. The third-order valence-corrected chi connectivity index (χ3v) is 3.51. The number of nitrogens with zero attached hydrogens (tertiary/aromatic N) is 3. The molecule has 7 heteroatoms. The molecule has 0 fully saturated rings. The van der Waals surface area contributed by atoms with Crippen molar-refractivity contribution >= 4 is 23.2 Å². The number of halogens is 1. The van der Waals surface area contributed by atoms with Gasteiger partial charge in [0.15, 0.2) is 0 Å². The molecule has 6 nitrogen and oxygen atoms in total. The lowest BCUT2D eigenvalue weighted by Crippen LogP contribution is -2.02. The highest BCUT2D eigenvalue weighted by Gasteiger charge is 2.14. The Bertz CT molecular complexity index is 1150. The van der Waals surface area contributed by atoms with E-state index in [9.17, 15) is 9.18 Å². The van der Waals surface area contributed by atoms with Crippen LogP contribution in [0.15, 0.2) is 73.2 Å². The monoisotopic (exact) mass is 335 g/mol. The van der Waals surface area contributed by atoms with E-state index >= 15 is 0 Å². The molecule has 0 unspecified atom stereocenters. The molecule has 0 saturated carbocycles. The largest absolute Gasteiger partial charge is 0.422 e. The van der Waals surface area contributed by atoms with Gasteiger partial charge in [0, 0.05) is 17.2 Å². The van der Waals surface area contributed by atoms with Crippen molar-refractivity contribution in [2.24, 2.45) is 4.99 Å². The quantitative estimate of drug-likeness (QED) is 0.421. The molecule has 4 rings (SSSR count). The maximum atomic E-state index is 13.6. The average molecular weight is 335 g/mol. The van der Waals surface area contributed by atoms with E-state index in [2.05, 4.69) is 15.2 Å². The highest BCUT2D eigenvalue weighted by Crippen LogP contribution is 2.22. The Hall–Kier alpha value is -3.61. The lowest BCUT2D eigenvalue weighted by Gasteiger charge is -1.97. The van der Waals surface area contributed by atoms with Crippen molar-refractivity contribution < 1.29 is 13.2 Å². The summed E-state index contributed by atoms with van der Waals surface area (Å²) in [6.07, 6.45) is 1.27. The van der Waals surface area contributed by atoms with Gasteiger partial charge >= 0.3 is 11.6 Å². The molecule has 0 atom stereocenters. The summed E-state index contributed by atoms with van der Waals surface area (Å²) < 4.78 is 24.1. The number of aromatic nitrogens is 2. The molecular weight excluding hydrogens is 325 g/mol. The van der Waals surface area contributed by atoms with Gasteiger partial charge in [-0.15, -0.1) is 5.10 Å². The van der Waals surface area contributed by atoms with E-state index < -0.39 is 11.4 Å².